The van der Waals surface area contributed by atoms with Gasteiger partial charge in [0.1, 0.15) is 23.1 Å². The molecular weight excluding hydrogens is 300 g/mol. The molecule has 0 aliphatic carbocycles. The van der Waals surface area contributed by atoms with Gasteiger partial charge in [-0.1, -0.05) is 43.1 Å². The lowest BCUT2D eigenvalue weighted by atomic mass is 10.1. The minimum Gasteiger partial charge on any atom is -0.216 e. The normalized spacial score (nSPS) is 10.8. The van der Waals surface area contributed by atoms with E-state index in [4.69, 9.17) is 23.2 Å². The average molecular weight is 312 g/mol. The van der Waals surface area contributed by atoms with Gasteiger partial charge >= 0.3 is 0 Å². The minimum absolute atomic E-state index is 0.0608. The topological polar surface area (TPSA) is 41.6 Å². The minimum atomic E-state index is -0.539. The Bertz CT molecular complexity index is 666. The highest BCUT2D eigenvalue weighted by molar-refractivity contribution is 6.33. The molecule has 0 radical (unpaired) electrons. The molecule has 0 saturated heterocycles. The zero-order chi connectivity index (χ0) is 14.9. The molecule has 20 heavy (non-hydrogen) atoms. The SMILES string of the molecule is CC(C)Cc1nn(-c2c(F)cccc2Cl)c(Cl)c1C#N. The van der Waals surface area contributed by atoms with Gasteiger partial charge in [-0.2, -0.15) is 10.4 Å². The van der Waals surface area contributed by atoms with Gasteiger partial charge < -0.3 is 0 Å². The van der Waals surface area contributed by atoms with E-state index in [-0.39, 0.29) is 21.4 Å². The van der Waals surface area contributed by atoms with Crippen molar-refractivity contribution < 1.29 is 4.39 Å². The van der Waals surface area contributed by atoms with Crippen molar-refractivity contribution in [3.8, 4) is 11.8 Å². The Morgan fingerprint density at radius 2 is 2.10 bits per heavy atom. The second-order valence-electron chi connectivity index (χ2n) is 4.80. The Morgan fingerprint density at radius 3 is 2.65 bits per heavy atom. The van der Waals surface area contributed by atoms with Crippen LogP contribution in [-0.4, -0.2) is 9.78 Å². The Kier molecular flexibility index (Phi) is 4.32. The van der Waals surface area contributed by atoms with Crippen molar-refractivity contribution in [1.82, 2.24) is 9.78 Å². The Hall–Kier alpha value is -1.57. The molecule has 0 atom stereocenters. The standard InChI is InChI=1S/C14H12Cl2FN3/c1-8(2)6-12-9(7-18)14(16)20(19-12)13-10(15)4-3-5-11(13)17/h3-5,8H,6H2,1-2H3. The predicted octanol–water partition coefficient (Wildman–Crippen LogP) is 4.39. The number of rotatable bonds is 3. The van der Waals surface area contributed by atoms with E-state index in [0.29, 0.717) is 18.0 Å². The lowest BCUT2D eigenvalue weighted by Gasteiger charge is -2.06. The molecule has 0 saturated carbocycles. The van der Waals surface area contributed by atoms with Crippen LogP contribution < -0.4 is 0 Å². The molecule has 0 aliphatic rings. The molecule has 2 rings (SSSR count). The van der Waals surface area contributed by atoms with Gasteiger partial charge in [0.15, 0.2) is 5.15 Å². The molecular formula is C14H12Cl2FN3. The molecule has 104 valence electrons. The van der Waals surface area contributed by atoms with E-state index in [1.54, 1.807) is 6.07 Å². The van der Waals surface area contributed by atoms with Crippen LogP contribution in [0.5, 0.6) is 0 Å². The zero-order valence-corrected chi connectivity index (χ0v) is 12.5. The van der Waals surface area contributed by atoms with E-state index in [1.807, 2.05) is 19.9 Å². The number of hydrogen-bond donors (Lipinski definition) is 0. The molecule has 1 heterocycles. The molecule has 0 bridgehead atoms. The summed E-state index contributed by atoms with van der Waals surface area (Å²) in [5, 5.41) is 13.7. The summed E-state index contributed by atoms with van der Waals surface area (Å²) in [5.41, 5.74) is 0.872. The summed E-state index contributed by atoms with van der Waals surface area (Å²) >= 11 is 12.1. The van der Waals surface area contributed by atoms with Crippen molar-refractivity contribution in [2.45, 2.75) is 20.3 Å². The predicted molar refractivity (Wildman–Crippen MR) is 76.8 cm³/mol. The number of halogens is 3. The maximum absolute atomic E-state index is 13.9. The van der Waals surface area contributed by atoms with E-state index in [9.17, 15) is 9.65 Å². The van der Waals surface area contributed by atoms with Crippen LogP contribution in [-0.2, 0) is 6.42 Å². The van der Waals surface area contributed by atoms with Gasteiger partial charge in [0, 0.05) is 0 Å². The molecule has 6 heteroatoms. The average Bonchev–Trinajstić information content (AvgIpc) is 2.65. The third-order valence-corrected chi connectivity index (χ3v) is 3.42. The maximum atomic E-state index is 13.9. The molecule has 0 aliphatic heterocycles. The molecule has 0 N–H and O–H groups in total. The van der Waals surface area contributed by atoms with Gasteiger partial charge in [0.25, 0.3) is 0 Å². The highest BCUT2D eigenvalue weighted by atomic mass is 35.5. The van der Waals surface area contributed by atoms with E-state index in [2.05, 4.69) is 5.10 Å². The molecule has 0 spiro atoms. The first kappa shape index (κ1) is 14.8. The number of para-hydroxylation sites is 1. The van der Waals surface area contributed by atoms with Crippen LogP contribution in [0.3, 0.4) is 0 Å². The summed E-state index contributed by atoms with van der Waals surface area (Å²) < 4.78 is 15.1. The molecule has 1 aromatic heterocycles. The number of nitriles is 1. The first-order chi connectivity index (χ1) is 9.45. The molecule has 0 unspecified atom stereocenters. The largest absolute Gasteiger partial charge is 0.216 e. The Morgan fingerprint density at radius 1 is 1.40 bits per heavy atom. The number of benzene rings is 1. The fourth-order valence-corrected chi connectivity index (χ4v) is 2.44. The van der Waals surface area contributed by atoms with Crippen LogP contribution in [0, 0.1) is 23.1 Å². The molecule has 0 fully saturated rings. The van der Waals surface area contributed by atoms with Crippen molar-refractivity contribution in [2.24, 2.45) is 5.92 Å². The van der Waals surface area contributed by atoms with E-state index < -0.39 is 5.82 Å². The summed E-state index contributed by atoms with van der Waals surface area (Å²) in [6.07, 6.45) is 0.585. The fourth-order valence-electron chi connectivity index (χ4n) is 1.92. The van der Waals surface area contributed by atoms with Gasteiger partial charge in [-0.15, -0.1) is 0 Å². The van der Waals surface area contributed by atoms with E-state index >= 15 is 0 Å². The van der Waals surface area contributed by atoms with Crippen LogP contribution in [0.4, 0.5) is 4.39 Å². The molecule has 0 amide bonds. The summed E-state index contributed by atoms with van der Waals surface area (Å²) in [4.78, 5) is 0. The van der Waals surface area contributed by atoms with Crippen molar-refractivity contribution >= 4 is 23.2 Å². The summed E-state index contributed by atoms with van der Waals surface area (Å²) in [6.45, 7) is 4.01. The summed E-state index contributed by atoms with van der Waals surface area (Å²) in [6, 6.07) is 6.34. The van der Waals surface area contributed by atoms with E-state index in [0.717, 1.165) is 0 Å². The van der Waals surface area contributed by atoms with Crippen molar-refractivity contribution in [3.05, 3.63) is 45.4 Å². The third kappa shape index (κ3) is 2.65. The van der Waals surface area contributed by atoms with E-state index in [1.165, 1.54) is 16.8 Å². The van der Waals surface area contributed by atoms with Crippen LogP contribution in [0.25, 0.3) is 5.69 Å². The summed E-state index contributed by atoms with van der Waals surface area (Å²) in [5.74, 6) is -0.236. The molecule has 1 aromatic carbocycles. The number of hydrogen-bond acceptors (Lipinski definition) is 2. The second-order valence-corrected chi connectivity index (χ2v) is 5.57. The first-order valence-electron chi connectivity index (χ1n) is 6.07. The third-order valence-electron chi connectivity index (χ3n) is 2.76. The van der Waals surface area contributed by atoms with Crippen LogP contribution in [0.2, 0.25) is 10.2 Å². The van der Waals surface area contributed by atoms with Crippen molar-refractivity contribution in [2.75, 3.05) is 0 Å². The smallest absolute Gasteiger partial charge is 0.151 e. The van der Waals surface area contributed by atoms with Crippen molar-refractivity contribution in [1.29, 1.82) is 5.26 Å². The Balaban J connectivity index is 2.65. The zero-order valence-electron chi connectivity index (χ0n) is 11.0. The summed E-state index contributed by atoms with van der Waals surface area (Å²) in [7, 11) is 0. The molecule has 3 nitrogen and oxygen atoms in total. The highest BCUT2D eigenvalue weighted by Gasteiger charge is 2.21. The maximum Gasteiger partial charge on any atom is 0.151 e. The lowest BCUT2D eigenvalue weighted by Crippen LogP contribution is -2.03. The highest BCUT2D eigenvalue weighted by Crippen LogP contribution is 2.30. The number of nitrogens with zero attached hydrogens (tertiary/aromatic N) is 3. The van der Waals surface area contributed by atoms with Crippen molar-refractivity contribution in [3.63, 3.8) is 0 Å². The van der Waals surface area contributed by atoms with Gasteiger partial charge in [-0.25, -0.2) is 9.07 Å². The number of aromatic nitrogens is 2. The van der Waals surface area contributed by atoms with Crippen LogP contribution >= 0.6 is 23.2 Å². The quantitative estimate of drug-likeness (QED) is 0.843. The fraction of sp³-hybridized carbons (Fsp3) is 0.286. The van der Waals surface area contributed by atoms with Gasteiger partial charge in [-0.3, -0.25) is 0 Å². The van der Waals surface area contributed by atoms with Gasteiger partial charge in [0.05, 0.1) is 10.7 Å². The monoisotopic (exact) mass is 311 g/mol. The van der Waals surface area contributed by atoms with Crippen LogP contribution in [0.1, 0.15) is 25.1 Å². The van der Waals surface area contributed by atoms with Gasteiger partial charge in [-0.05, 0) is 24.5 Å². The lowest BCUT2D eigenvalue weighted by molar-refractivity contribution is 0.602. The second kappa shape index (κ2) is 5.82. The molecule has 2 aromatic rings. The Labute approximate surface area is 126 Å². The van der Waals surface area contributed by atoms with Gasteiger partial charge in [0.2, 0.25) is 0 Å². The van der Waals surface area contributed by atoms with Crippen LogP contribution in [0.15, 0.2) is 18.2 Å². The first-order valence-corrected chi connectivity index (χ1v) is 6.83.